The summed E-state index contributed by atoms with van der Waals surface area (Å²) >= 11 is 0. The van der Waals surface area contributed by atoms with Gasteiger partial charge in [0.1, 0.15) is 17.3 Å². The van der Waals surface area contributed by atoms with Crippen LogP contribution in [0.15, 0.2) is 42.5 Å². The minimum Gasteiger partial charge on any atom is -0.497 e. The number of rotatable bonds is 8. The minimum atomic E-state index is -0.235. The van der Waals surface area contributed by atoms with Gasteiger partial charge in [-0.25, -0.2) is 9.78 Å². The maximum absolute atomic E-state index is 12.4. The molecule has 0 radical (unpaired) electrons. The number of carbonyl (C=O) groups is 1. The first-order chi connectivity index (χ1) is 16.9. The van der Waals surface area contributed by atoms with Gasteiger partial charge in [-0.2, -0.15) is 4.98 Å². The van der Waals surface area contributed by atoms with Crippen LogP contribution >= 0.6 is 0 Å². The number of carbonyl (C=O) groups excluding carboxylic acids is 1. The Morgan fingerprint density at radius 2 is 1.69 bits per heavy atom. The number of hydrogen-bond acceptors (Lipinski definition) is 7. The van der Waals surface area contributed by atoms with Gasteiger partial charge in [-0.1, -0.05) is 12.1 Å². The van der Waals surface area contributed by atoms with Crippen LogP contribution in [0.4, 0.5) is 22.2 Å². The zero-order chi connectivity index (χ0) is 24.8. The van der Waals surface area contributed by atoms with Gasteiger partial charge < -0.3 is 30.3 Å². The van der Waals surface area contributed by atoms with Gasteiger partial charge in [-0.05, 0) is 43.7 Å². The smallest absolute Gasteiger partial charge is 0.319 e. The van der Waals surface area contributed by atoms with Gasteiger partial charge in [0.15, 0.2) is 0 Å². The Kier molecular flexibility index (Phi) is 7.74. The normalized spacial score (nSPS) is 17.5. The topological polar surface area (TPSA) is 101 Å². The van der Waals surface area contributed by atoms with E-state index < -0.39 is 0 Å². The Morgan fingerprint density at radius 3 is 2.34 bits per heavy atom. The quantitative estimate of drug-likeness (QED) is 0.438. The van der Waals surface area contributed by atoms with Gasteiger partial charge in [-0.3, -0.25) is 0 Å². The fourth-order valence-electron chi connectivity index (χ4n) is 4.45. The molecular formula is C26H34N6O3. The molecule has 0 saturated heterocycles. The molecular weight excluding hydrogens is 444 g/mol. The third-order valence-corrected chi connectivity index (χ3v) is 6.35. The van der Waals surface area contributed by atoms with Crippen LogP contribution in [0.5, 0.6) is 11.5 Å². The lowest BCUT2D eigenvalue weighted by atomic mass is 9.86. The molecule has 1 aliphatic carbocycles. The van der Waals surface area contributed by atoms with Crippen molar-refractivity contribution in [1.29, 1.82) is 0 Å². The summed E-state index contributed by atoms with van der Waals surface area (Å²) < 4.78 is 10.5. The van der Waals surface area contributed by atoms with Crippen molar-refractivity contribution in [2.24, 2.45) is 5.92 Å². The lowest BCUT2D eigenvalue weighted by molar-refractivity contribution is 0.246. The van der Waals surface area contributed by atoms with Crippen molar-refractivity contribution < 1.29 is 14.3 Å². The van der Waals surface area contributed by atoms with Crippen LogP contribution < -0.4 is 30.3 Å². The van der Waals surface area contributed by atoms with E-state index in [1.54, 1.807) is 32.4 Å². The monoisotopic (exact) mass is 478 g/mol. The summed E-state index contributed by atoms with van der Waals surface area (Å²) in [5.41, 5.74) is 1.56. The molecule has 3 N–H and O–H groups in total. The summed E-state index contributed by atoms with van der Waals surface area (Å²) in [4.78, 5) is 23.9. The largest absolute Gasteiger partial charge is 0.497 e. The van der Waals surface area contributed by atoms with Crippen LogP contribution in [0.1, 0.15) is 25.7 Å². The van der Waals surface area contributed by atoms with E-state index in [1.807, 2.05) is 43.3 Å². The Hall–Kier alpha value is -3.75. The summed E-state index contributed by atoms with van der Waals surface area (Å²) in [7, 11) is 7.16. The number of urea groups is 1. The van der Waals surface area contributed by atoms with E-state index in [0.29, 0.717) is 41.6 Å². The zero-order valence-electron chi connectivity index (χ0n) is 20.8. The highest BCUT2D eigenvalue weighted by atomic mass is 16.5. The fraction of sp³-hybridized carbons (Fsp3) is 0.423. The van der Waals surface area contributed by atoms with E-state index in [4.69, 9.17) is 19.4 Å². The van der Waals surface area contributed by atoms with Gasteiger partial charge in [0, 0.05) is 56.0 Å². The van der Waals surface area contributed by atoms with Crippen molar-refractivity contribution in [2.45, 2.75) is 31.7 Å². The zero-order valence-corrected chi connectivity index (χ0v) is 20.8. The molecule has 35 heavy (non-hydrogen) atoms. The second-order valence-corrected chi connectivity index (χ2v) is 9.08. The molecule has 1 heterocycles. The van der Waals surface area contributed by atoms with E-state index in [0.717, 1.165) is 42.4 Å². The van der Waals surface area contributed by atoms with Gasteiger partial charge in [-0.15, -0.1) is 0 Å². The molecule has 9 heteroatoms. The Morgan fingerprint density at radius 1 is 1.00 bits per heavy atom. The number of aromatic nitrogens is 2. The number of fused-ring (bicyclic) bond motifs is 1. The van der Waals surface area contributed by atoms with Crippen LogP contribution in [0, 0.1) is 5.92 Å². The molecule has 4 rings (SSSR count). The van der Waals surface area contributed by atoms with Crippen molar-refractivity contribution in [3.05, 3.63) is 42.5 Å². The van der Waals surface area contributed by atoms with Crippen molar-refractivity contribution in [3.63, 3.8) is 0 Å². The number of para-hydroxylation sites is 1. The average Bonchev–Trinajstić information content (AvgIpc) is 2.87. The van der Waals surface area contributed by atoms with Crippen LogP contribution in [0.2, 0.25) is 0 Å². The Balaban J connectivity index is 1.27. The van der Waals surface area contributed by atoms with E-state index in [-0.39, 0.29) is 6.03 Å². The molecule has 2 amide bonds. The van der Waals surface area contributed by atoms with E-state index in [2.05, 4.69) is 16.0 Å². The maximum Gasteiger partial charge on any atom is 0.319 e. The predicted octanol–water partition coefficient (Wildman–Crippen LogP) is 4.51. The van der Waals surface area contributed by atoms with Crippen molar-refractivity contribution >= 4 is 34.4 Å². The molecule has 1 fully saturated rings. The Bertz CT molecular complexity index is 1140. The molecule has 0 spiro atoms. The first kappa shape index (κ1) is 24.4. The first-order valence-electron chi connectivity index (χ1n) is 11.9. The van der Waals surface area contributed by atoms with Crippen LogP contribution in [-0.4, -0.2) is 56.9 Å². The first-order valence-corrected chi connectivity index (χ1v) is 11.9. The Labute approximate surface area is 206 Å². The number of anilines is 3. The van der Waals surface area contributed by atoms with Crippen LogP contribution in [0.25, 0.3) is 10.9 Å². The predicted molar refractivity (Wildman–Crippen MR) is 140 cm³/mol. The number of methoxy groups -OCH3 is 2. The standard InChI is InChI=1S/C26H34N6O3/c1-32(2)24-22-7-5-6-8-23(22)30-25(31-24)28-18-11-9-17(10-12-18)16-27-26(33)29-19-13-20(34-3)15-21(14-19)35-4/h5-8,13-15,17-18H,9-12,16H2,1-4H3,(H2,27,29,33)(H,28,30,31). The van der Waals surface area contributed by atoms with E-state index in [9.17, 15) is 4.79 Å². The lowest BCUT2D eigenvalue weighted by Crippen LogP contribution is -2.36. The molecule has 0 unspecified atom stereocenters. The van der Waals surface area contributed by atoms with Gasteiger partial charge in [0.25, 0.3) is 0 Å². The molecule has 0 bridgehead atoms. The van der Waals surface area contributed by atoms with Gasteiger partial charge in [0.05, 0.1) is 19.7 Å². The summed E-state index contributed by atoms with van der Waals surface area (Å²) in [6.45, 7) is 0.636. The van der Waals surface area contributed by atoms with Crippen molar-refractivity contribution in [2.75, 3.05) is 50.4 Å². The third-order valence-electron chi connectivity index (χ3n) is 6.35. The molecule has 0 aliphatic heterocycles. The molecule has 1 saturated carbocycles. The van der Waals surface area contributed by atoms with E-state index >= 15 is 0 Å². The van der Waals surface area contributed by atoms with Crippen LogP contribution in [-0.2, 0) is 0 Å². The molecule has 9 nitrogen and oxygen atoms in total. The summed E-state index contributed by atoms with van der Waals surface area (Å²) in [5, 5.41) is 10.4. The van der Waals surface area contributed by atoms with Gasteiger partial charge in [0.2, 0.25) is 5.95 Å². The average molecular weight is 479 g/mol. The number of nitrogens with zero attached hydrogens (tertiary/aromatic N) is 3. The lowest BCUT2D eigenvalue weighted by Gasteiger charge is -2.29. The summed E-state index contributed by atoms with van der Waals surface area (Å²) in [6.07, 6.45) is 4.07. The number of hydrogen-bond donors (Lipinski definition) is 3. The second-order valence-electron chi connectivity index (χ2n) is 9.08. The number of ether oxygens (including phenoxy) is 2. The molecule has 1 aromatic heterocycles. The van der Waals surface area contributed by atoms with E-state index in [1.165, 1.54) is 0 Å². The van der Waals surface area contributed by atoms with Gasteiger partial charge >= 0.3 is 6.03 Å². The third kappa shape index (κ3) is 6.23. The summed E-state index contributed by atoms with van der Waals surface area (Å²) in [6, 6.07) is 13.4. The number of amides is 2. The number of nitrogens with one attached hydrogen (secondary N) is 3. The van der Waals surface area contributed by atoms with Crippen molar-refractivity contribution in [1.82, 2.24) is 15.3 Å². The highest BCUT2D eigenvalue weighted by Gasteiger charge is 2.23. The van der Waals surface area contributed by atoms with Crippen LogP contribution in [0.3, 0.4) is 0 Å². The molecule has 3 aromatic rings. The molecule has 0 atom stereocenters. The number of benzene rings is 2. The fourth-order valence-corrected chi connectivity index (χ4v) is 4.45. The summed E-state index contributed by atoms with van der Waals surface area (Å²) in [5.74, 6) is 3.27. The molecule has 186 valence electrons. The highest BCUT2D eigenvalue weighted by molar-refractivity contribution is 5.90. The SMILES string of the molecule is COc1cc(NC(=O)NCC2CCC(Nc3nc(N(C)C)c4ccccc4n3)CC2)cc(OC)c1. The maximum atomic E-state index is 12.4. The molecule has 1 aliphatic rings. The second kappa shape index (κ2) is 11.1. The molecule has 2 aromatic carbocycles. The highest BCUT2D eigenvalue weighted by Crippen LogP contribution is 2.29. The minimum absolute atomic E-state index is 0.235. The van der Waals surface area contributed by atoms with Crippen molar-refractivity contribution in [3.8, 4) is 11.5 Å².